The van der Waals surface area contributed by atoms with Gasteiger partial charge in [0.1, 0.15) is 11.6 Å². The Balaban J connectivity index is 2.56. The zero-order chi connectivity index (χ0) is 16.0. The van der Waals surface area contributed by atoms with Crippen molar-refractivity contribution < 1.29 is 14.3 Å². The van der Waals surface area contributed by atoms with Crippen molar-refractivity contribution in [3.63, 3.8) is 0 Å². The number of ether oxygens (including phenoxy) is 1. The number of carbonyl (C=O) groups excluding carboxylic acids is 2. The Hall–Kier alpha value is -1.76. The number of benzene rings is 1. The van der Waals surface area contributed by atoms with Gasteiger partial charge >= 0.3 is 6.09 Å². The average Bonchev–Trinajstić information content (AvgIpc) is 2.34. The molecule has 0 spiro atoms. The van der Waals surface area contributed by atoms with Gasteiger partial charge in [-0.1, -0.05) is 15.9 Å². The van der Waals surface area contributed by atoms with Gasteiger partial charge in [0.05, 0.1) is 6.54 Å². The molecule has 0 saturated carbocycles. The lowest BCUT2D eigenvalue weighted by atomic mass is 10.2. The summed E-state index contributed by atoms with van der Waals surface area (Å²) >= 11 is 3.33. The van der Waals surface area contributed by atoms with Gasteiger partial charge in [0.25, 0.3) is 0 Å². The number of hydrogen-bond donors (Lipinski definition) is 3. The second kappa shape index (κ2) is 7.31. The molecule has 0 aliphatic rings. The highest BCUT2D eigenvalue weighted by Crippen LogP contribution is 2.14. The van der Waals surface area contributed by atoms with E-state index in [4.69, 9.17) is 10.5 Å². The van der Waals surface area contributed by atoms with Gasteiger partial charge in [0.15, 0.2) is 0 Å². The number of rotatable bonds is 5. The minimum absolute atomic E-state index is 0.0420. The van der Waals surface area contributed by atoms with Crippen molar-refractivity contribution in [1.82, 2.24) is 5.32 Å². The van der Waals surface area contributed by atoms with Crippen molar-refractivity contribution in [2.75, 3.05) is 11.9 Å². The third kappa shape index (κ3) is 6.99. The average molecular weight is 358 g/mol. The number of hydrogen-bond acceptors (Lipinski definition) is 4. The van der Waals surface area contributed by atoms with Crippen LogP contribution in [0.5, 0.6) is 0 Å². The van der Waals surface area contributed by atoms with Gasteiger partial charge in [-0.05, 0) is 45.0 Å². The first-order valence-electron chi connectivity index (χ1n) is 6.45. The number of nitrogens with one attached hydrogen (secondary N) is 2. The molecule has 1 atom stereocenters. The first-order chi connectivity index (χ1) is 9.67. The van der Waals surface area contributed by atoms with Crippen LogP contribution < -0.4 is 16.4 Å². The van der Waals surface area contributed by atoms with E-state index >= 15 is 0 Å². The van der Waals surface area contributed by atoms with E-state index in [1.165, 1.54) is 0 Å². The summed E-state index contributed by atoms with van der Waals surface area (Å²) in [5, 5.41) is 5.48. The number of alkyl carbamates (subject to hydrolysis) is 1. The van der Waals surface area contributed by atoms with Crippen LogP contribution in [0.25, 0.3) is 0 Å². The molecule has 116 valence electrons. The zero-order valence-electron chi connectivity index (χ0n) is 12.3. The van der Waals surface area contributed by atoms with Gasteiger partial charge in [0, 0.05) is 10.2 Å². The van der Waals surface area contributed by atoms with Crippen molar-refractivity contribution >= 4 is 33.6 Å². The SMILES string of the molecule is CC(C)(C)OC(=O)NCC(Nc1ccc(Br)cc1)C(N)=O. The summed E-state index contributed by atoms with van der Waals surface area (Å²) in [6.07, 6.45) is -0.591. The molecule has 0 bridgehead atoms. The molecule has 0 fully saturated rings. The smallest absolute Gasteiger partial charge is 0.407 e. The lowest BCUT2D eigenvalue weighted by Crippen LogP contribution is -2.46. The summed E-state index contributed by atoms with van der Waals surface area (Å²) in [6, 6.07) is 6.54. The molecule has 0 aliphatic carbocycles. The van der Waals surface area contributed by atoms with Crippen molar-refractivity contribution in [3.05, 3.63) is 28.7 Å². The van der Waals surface area contributed by atoms with E-state index in [0.29, 0.717) is 0 Å². The molecule has 6 nitrogen and oxygen atoms in total. The molecule has 1 rings (SSSR count). The maximum atomic E-state index is 11.6. The third-order valence-corrected chi connectivity index (χ3v) is 2.91. The van der Waals surface area contributed by atoms with Crippen molar-refractivity contribution in [1.29, 1.82) is 0 Å². The molecule has 7 heteroatoms. The van der Waals surface area contributed by atoms with E-state index in [1.54, 1.807) is 32.9 Å². The van der Waals surface area contributed by atoms with Gasteiger partial charge in [-0.3, -0.25) is 4.79 Å². The van der Waals surface area contributed by atoms with Crippen LogP contribution in [0.3, 0.4) is 0 Å². The van der Waals surface area contributed by atoms with E-state index in [1.807, 2.05) is 12.1 Å². The predicted octanol–water partition coefficient (Wildman–Crippen LogP) is 2.24. The van der Waals surface area contributed by atoms with Crippen LogP contribution in [0.1, 0.15) is 20.8 Å². The Morgan fingerprint density at radius 3 is 2.33 bits per heavy atom. The van der Waals surface area contributed by atoms with Crippen LogP contribution in [0.2, 0.25) is 0 Å². The lowest BCUT2D eigenvalue weighted by molar-refractivity contribution is -0.118. The molecule has 0 aliphatic heterocycles. The van der Waals surface area contributed by atoms with Crippen molar-refractivity contribution in [2.24, 2.45) is 5.73 Å². The topological polar surface area (TPSA) is 93.4 Å². The minimum atomic E-state index is -0.723. The number of anilines is 1. The van der Waals surface area contributed by atoms with Gasteiger partial charge < -0.3 is 21.1 Å². The fraction of sp³-hybridized carbons (Fsp3) is 0.429. The molecule has 1 unspecified atom stereocenters. The number of nitrogens with two attached hydrogens (primary N) is 1. The summed E-state index contributed by atoms with van der Waals surface area (Å²) in [7, 11) is 0. The molecule has 0 saturated heterocycles. The Bertz CT molecular complexity index is 497. The van der Waals surface area contributed by atoms with Gasteiger partial charge in [-0.15, -0.1) is 0 Å². The van der Waals surface area contributed by atoms with Gasteiger partial charge in [-0.2, -0.15) is 0 Å². The van der Waals surface area contributed by atoms with Crippen LogP contribution >= 0.6 is 15.9 Å². The molecule has 0 heterocycles. The Morgan fingerprint density at radius 1 is 1.29 bits per heavy atom. The molecular weight excluding hydrogens is 338 g/mol. The summed E-state index contributed by atoms with van der Waals surface area (Å²) in [5.41, 5.74) is 5.46. The third-order valence-electron chi connectivity index (χ3n) is 2.38. The molecule has 0 radical (unpaired) electrons. The normalized spacial score (nSPS) is 12.4. The molecule has 4 N–H and O–H groups in total. The summed E-state index contributed by atoms with van der Waals surface area (Å²) < 4.78 is 6.02. The molecule has 0 aromatic heterocycles. The standard InChI is InChI=1S/C14H20BrN3O3/c1-14(2,3)21-13(20)17-8-11(12(16)19)18-10-6-4-9(15)5-7-10/h4-7,11,18H,8H2,1-3H3,(H2,16,19)(H,17,20). The first-order valence-corrected chi connectivity index (χ1v) is 7.25. The van der Waals surface area contributed by atoms with Crippen molar-refractivity contribution in [3.8, 4) is 0 Å². The Labute approximate surface area is 132 Å². The zero-order valence-corrected chi connectivity index (χ0v) is 13.9. The molecule has 21 heavy (non-hydrogen) atoms. The Kier molecular flexibility index (Phi) is 6.02. The molecule has 1 aromatic rings. The lowest BCUT2D eigenvalue weighted by Gasteiger charge is -2.21. The van der Waals surface area contributed by atoms with Gasteiger partial charge in [0.2, 0.25) is 5.91 Å². The van der Waals surface area contributed by atoms with E-state index in [-0.39, 0.29) is 6.54 Å². The maximum Gasteiger partial charge on any atom is 0.407 e. The van der Waals surface area contributed by atoms with E-state index < -0.39 is 23.6 Å². The predicted molar refractivity (Wildman–Crippen MR) is 85.0 cm³/mol. The van der Waals surface area contributed by atoms with E-state index in [9.17, 15) is 9.59 Å². The maximum absolute atomic E-state index is 11.6. The number of halogens is 1. The molecule has 1 aromatic carbocycles. The first kappa shape index (κ1) is 17.3. The molecule has 2 amide bonds. The monoisotopic (exact) mass is 357 g/mol. The summed E-state index contributed by atoms with van der Waals surface area (Å²) in [6.45, 7) is 5.33. The Morgan fingerprint density at radius 2 is 1.86 bits per heavy atom. The highest BCUT2D eigenvalue weighted by atomic mass is 79.9. The van der Waals surface area contributed by atoms with E-state index in [0.717, 1.165) is 10.2 Å². The number of primary amides is 1. The molecular formula is C14H20BrN3O3. The van der Waals surface area contributed by atoms with Crippen LogP contribution in [0, 0.1) is 0 Å². The van der Waals surface area contributed by atoms with Crippen LogP contribution in [0.4, 0.5) is 10.5 Å². The highest BCUT2D eigenvalue weighted by Gasteiger charge is 2.20. The summed E-state index contributed by atoms with van der Waals surface area (Å²) in [5.74, 6) is -0.561. The fourth-order valence-corrected chi connectivity index (χ4v) is 1.73. The van der Waals surface area contributed by atoms with Crippen LogP contribution in [0.15, 0.2) is 28.7 Å². The highest BCUT2D eigenvalue weighted by molar-refractivity contribution is 9.10. The fourth-order valence-electron chi connectivity index (χ4n) is 1.47. The second-order valence-electron chi connectivity index (χ2n) is 5.49. The van der Waals surface area contributed by atoms with Crippen LogP contribution in [-0.2, 0) is 9.53 Å². The number of amides is 2. The minimum Gasteiger partial charge on any atom is -0.444 e. The summed E-state index contributed by atoms with van der Waals surface area (Å²) in [4.78, 5) is 23.0. The second-order valence-corrected chi connectivity index (χ2v) is 6.40. The van der Waals surface area contributed by atoms with Gasteiger partial charge in [-0.25, -0.2) is 4.79 Å². The van der Waals surface area contributed by atoms with Crippen molar-refractivity contribution in [2.45, 2.75) is 32.4 Å². The number of carbonyl (C=O) groups is 2. The largest absolute Gasteiger partial charge is 0.444 e. The van der Waals surface area contributed by atoms with E-state index in [2.05, 4.69) is 26.6 Å². The quantitative estimate of drug-likeness (QED) is 0.753. The van der Waals surface area contributed by atoms with Crippen LogP contribution in [-0.4, -0.2) is 30.2 Å².